The molecule has 1 aliphatic rings. The fourth-order valence-electron chi connectivity index (χ4n) is 3.31. The molecule has 0 spiro atoms. The van der Waals surface area contributed by atoms with E-state index in [4.69, 9.17) is 4.99 Å². The minimum atomic E-state index is -0.185. The number of benzene rings is 1. The van der Waals surface area contributed by atoms with Crippen LogP contribution in [-0.2, 0) is 0 Å². The number of rotatable bonds is 3. The fourth-order valence-corrected chi connectivity index (χ4v) is 4.29. The molecule has 1 aliphatic carbocycles. The van der Waals surface area contributed by atoms with Gasteiger partial charge in [0.2, 0.25) is 0 Å². The molecule has 0 unspecified atom stereocenters. The van der Waals surface area contributed by atoms with E-state index >= 15 is 0 Å². The summed E-state index contributed by atoms with van der Waals surface area (Å²) in [6.45, 7) is 0. The van der Waals surface area contributed by atoms with Crippen LogP contribution in [0.25, 0.3) is 11.3 Å². The first-order chi connectivity index (χ1) is 11.8. The normalized spacial score (nSPS) is 16.0. The molecule has 0 aliphatic heterocycles. The third kappa shape index (κ3) is 2.91. The first kappa shape index (κ1) is 15.3. The van der Waals surface area contributed by atoms with Crippen LogP contribution >= 0.6 is 11.3 Å². The second kappa shape index (κ2) is 6.69. The number of pyridine rings is 1. The minimum Gasteiger partial charge on any atom is -0.313 e. The van der Waals surface area contributed by atoms with Crippen molar-refractivity contribution in [2.24, 2.45) is 4.99 Å². The molecular weight excluding hydrogens is 321 g/mol. The third-order valence-corrected chi connectivity index (χ3v) is 5.29. The van der Waals surface area contributed by atoms with Crippen molar-refractivity contribution in [2.75, 3.05) is 0 Å². The van der Waals surface area contributed by atoms with Crippen LogP contribution in [0.1, 0.15) is 31.7 Å². The van der Waals surface area contributed by atoms with Crippen LogP contribution in [0.2, 0.25) is 0 Å². The summed E-state index contributed by atoms with van der Waals surface area (Å²) in [5.74, 6) is -0.185. The highest BCUT2D eigenvalue weighted by Crippen LogP contribution is 2.34. The highest BCUT2D eigenvalue weighted by molar-refractivity contribution is 7.07. The third-order valence-electron chi connectivity index (χ3n) is 4.45. The van der Waals surface area contributed by atoms with Gasteiger partial charge in [-0.3, -0.25) is 4.98 Å². The fraction of sp³-hybridized carbons (Fsp3) is 0.263. The Bertz CT molecular complexity index is 892. The number of nitrogens with zero attached hydrogens (tertiary/aromatic N) is 3. The van der Waals surface area contributed by atoms with E-state index in [-0.39, 0.29) is 5.82 Å². The van der Waals surface area contributed by atoms with Crippen molar-refractivity contribution in [3.63, 3.8) is 0 Å². The topological polar surface area (TPSA) is 30.2 Å². The highest BCUT2D eigenvalue weighted by Gasteiger charge is 2.22. The Morgan fingerprint density at radius 2 is 1.96 bits per heavy atom. The monoisotopic (exact) mass is 339 g/mol. The van der Waals surface area contributed by atoms with Gasteiger partial charge in [-0.1, -0.05) is 25.0 Å². The second-order valence-corrected chi connectivity index (χ2v) is 6.85. The zero-order chi connectivity index (χ0) is 16.4. The smallest absolute Gasteiger partial charge is 0.190 e. The first-order valence-corrected chi connectivity index (χ1v) is 9.10. The van der Waals surface area contributed by atoms with Crippen LogP contribution in [-0.4, -0.2) is 9.55 Å². The van der Waals surface area contributed by atoms with Crippen molar-refractivity contribution in [3.05, 3.63) is 64.8 Å². The Hall–Kier alpha value is -2.27. The lowest BCUT2D eigenvalue weighted by atomic mass is 10.1. The Morgan fingerprint density at radius 3 is 2.71 bits per heavy atom. The van der Waals surface area contributed by atoms with Gasteiger partial charge in [-0.15, -0.1) is 11.3 Å². The van der Waals surface area contributed by atoms with Crippen molar-refractivity contribution >= 4 is 17.0 Å². The van der Waals surface area contributed by atoms with E-state index in [2.05, 4.69) is 9.55 Å². The minimum absolute atomic E-state index is 0.185. The summed E-state index contributed by atoms with van der Waals surface area (Å²) in [7, 11) is 0. The lowest BCUT2D eigenvalue weighted by molar-refractivity contribution is 0.510. The molecule has 4 rings (SSSR count). The van der Waals surface area contributed by atoms with Crippen LogP contribution in [0.3, 0.4) is 0 Å². The molecule has 0 bridgehead atoms. The number of thiazole rings is 1. The van der Waals surface area contributed by atoms with E-state index in [1.54, 1.807) is 29.8 Å². The largest absolute Gasteiger partial charge is 0.313 e. The summed E-state index contributed by atoms with van der Waals surface area (Å²) in [4.78, 5) is 9.80. The van der Waals surface area contributed by atoms with Gasteiger partial charge < -0.3 is 4.57 Å². The maximum atomic E-state index is 14.3. The van der Waals surface area contributed by atoms with Crippen molar-refractivity contribution in [1.29, 1.82) is 0 Å². The van der Waals surface area contributed by atoms with Gasteiger partial charge in [0.15, 0.2) is 4.80 Å². The van der Waals surface area contributed by atoms with Gasteiger partial charge in [0.25, 0.3) is 0 Å². The lowest BCUT2D eigenvalue weighted by Gasteiger charge is -2.16. The summed E-state index contributed by atoms with van der Waals surface area (Å²) in [6.07, 6.45) is 8.18. The molecule has 1 aromatic carbocycles. The Balaban J connectivity index is 1.90. The van der Waals surface area contributed by atoms with Gasteiger partial charge >= 0.3 is 0 Å². The molecule has 0 radical (unpaired) electrons. The SMILES string of the molecule is Fc1ccccc1-c1csc(=Nc2cccnc2)n1C1CCCC1. The van der Waals surface area contributed by atoms with Crippen molar-refractivity contribution in [1.82, 2.24) is 9.55 Å². The molecule has 0 amide bonds. The average Bonchev–Trinajstić information content (AvgIpc) is 3.26. The highest BCUT2D eigenvalue weighted by atomic mass is 32.1. The molecule has 1 saturated carbocycles. The summed E-state index contributed by atoms with van der Waals surface area (Å²) < 4.78 is 16.6. The van der Waals surface area contributed by atoms with Gasteiger partial charge in [0.1, 0.15) is 5.82 Å². The molecule has 2 heterocycles. The maximum absolute atomic E-state index is 14.3. The predicted molar refractivity (Wildman–Crippen MR) is 94.7 cm³/mol. The van der Waals surface area contributed by atoms with Gasteiger partial charge in [-0.2, -0.15) is 0 Å². The number of halogens is 1. The molecule has 3 nitrogen and oxygen atoms in total. The van der Waals surface area contributed by atoms with Crippen LogP contribution < -0.4 is 4.80 Å². The van der Waals surface area contributed by atoms with Crippen LogP contribution in [0, 0.1) is 5.82 Å². The molecule has 122 valence electrons. The van der Waals surface area contributed by atoms with Crippen LogP contribution in [0.5, 0.6) is 0 Å². The molecule has 3 aromatic rings. The molecule has 2 aromatic heterocycles. The molecule has 1 fully saturated rings. The second-order valence-electron chi connectivity index (χ2n) is 6.01. The first-order valence-electron chi connectivity index (χ1n) is 8.22. The van der Waals surface area contributed by atoms with E-state index in [1.807, 2.05) is 29.6 Å². The summed E-state index contributed by atoms with van der Waals surface area (Å²) in [5.41, 5.74) is 2.40. The van der Waals surface area contributed by atoms with Crippen molar-refractivity contribution < 1.29 is 4.39 Å². The quantitative estimate of drug-likeness (QED) is 0.653. The van der Waals surface area contributed by atoms with Gasteiger partial charge in [-0.25, -0.2) is 9.38 Å². The van der Waals surface area contributed by atoms with Gasteiger partial charge in [-0.05, 0) is 37.1 Å². The zero-order valence-electron chi connectivity index (χ0n) is 13.2. The Morgan fingerprint density at radius 1 is 1.12 bits per heavy atom. The zero-order valence-corrected chi connectivity index (χ0v) is 14.0. The summed E-state index contributed by atoms with van der Waals surface area (Å²) in [5, 5.41) is 2.02. The van der Waals surface area contributed by atoms with Crippen LogP contribution in [0.4, 0.5) is 10.1 Å². The van der Waals surface area contributed by atoms with Crippen LogP contribution in [0.15, 0.2) is 59.2 Å². The van der Waals surface area contributed by atoms with Gasteiger partial charge in [0.05, 0.1) is 17.6 Å². The van der Waals surface area contributed by atoms with E-state index in [0.717, 1.165) is 29.0 Å². The van der Waals surface area contributed by atoms with E-state index in [1.165, 1.54) is 18.9 Å². The Kier molecular flexibility index (Phi) is 4.26. The number of aromatic nitrogens is 2. The van der Waals surface area contributed by atoms with Gasteiger partial charge in [0, 0.05) is 23.2 Å². The molecule has 24 heavy (non-hydrogen) atoms. The van der Waals surface area contributed by atoms with Crippen molar-refractivity contribution in [3.8, 4) is 11.3 Å². The molecule has 5 heteroatoms. The standard InChI is InChI=1S/C19H18FN3S/c20-17-10-4-3-9-16(17)18-13-24-19(22-14-6-5-11-21-12-14)23(18)15-7-1-2-8-15/h3-6,9-13,15H,1-2,7-8H2. The lowest BCUT2D eigenvalue weighted by Crippen LogP contribution is -2.20. The summed E-state index contributed by atoms with van der Waals surface area (Å²) >= 11 is 1.56. The molecular formula is C19H18FN3S. The van der Waals surface area contributed by atoms with E-state index in [9.17, 15) is 4.39 Å². The molecule has 0 N–H and O–H groups in total. The van der Waals surface area contributed by atoms with Crippen molar-refractivity contribution in [2.45, 2.75) is 31.7 Å². The summed E-state index contributed by atoms with van der Waals surface area (Å²) in [6, 6.07) is 11.2. The molecule has 0 saturated heterocycles. The molecule has 0 atom stereocenters. The average molecular weight is 339 g/mol. The maximum Gasteiger partial charge on any atom is 0.190 e. The van der Waals surface area contributed by atoms with E-state index < -0.39 is 0 Å². The van der Waals surface area contributed by atoms with E-state index in [0.29, 0.717) is 11.6 Å². The Labute approximate surface area is 144 Å². The predicted octanol–water partition coefficient (Wildman–Crippen LogP) is 5.10. The number of hydrogen-bond donors (Lipinski definition) is 0. The number of hydrogen-bond acceptors (Lipinski definition) is 3.